The van der Waals surface area contributed by atoms with E-state index in [0.717, 1.165) is 49.0 Å². The molecule has 3 aliphatic rings. The van der Waals surface area contributed by atoms with Crippen LogP contribution in [-0.4, -0.2) is 47.2 Å². The predicted molar refractivity (Wildman–Crippen MR) is 121 cm³/mol. The highest BCUT2D eigenvalue weighted by atomic mass is 19.1. The van der Waals surface area contributed by atoms with Crippen molar-refractivity contribution in [2.45, 2.75) is 76.9 Å². The average Bonchev–Trinajstić information content (AvgIpc) is 3.52. The van der Waals surface area contributed by atoms with E-state index in [0.29, 0.717) is 18.3 Å². The van der Waals surface area contributed by atoms with Crippen molar-refractivity contribution < 1.29 is 28.2 Å². The summed E-state index contributed by atoms with van der Waals surface area (Å²) in [6.45, 7) is 8.97. The number of carbonyl (C=O) groups is 2. The number of carboxylic acid groups (broad SMARTS) is 1. The Labute approximate surface area is 193 Å². The normalized spacial score (nSPS) is 29.9. The van der Waals surface area contributed by atoms with Crippen LogP contribution in [0.4, 0.5) is 8.78 Å². The van der Waals surface area contributed by atoms with Gasteiger partial charge in [0.15, 0.2) is 6.04 Å². The Kier molecular flexibility index (Phi) is 6.52. The molecule has 1 amide bonds. The van der Waals surface area contributed by atoms with Gasteiger partial charge in [0.05, 0.1) is 12.2 Å². The first-order valence-corrected chi connectivity index (χ1v) is 11.9. The van der Waals surface area contributed by atoms with Crippen molar-refractivity contribution in [1.82, 2.24) is 4.90 Å². The van der Waals surface area contributed by atoms with Crippen molar-refractivity contribution in [3.63, 3.8) is 0 Å². The maximum Gasteiger partial charge on any atom is 0.329 e. The van der Waals surface area contributed by atoms with Gasteiger partial charge in [0, 0.05) is 18.0 Å². The summed E-state index contributed by atoms with van der Waals surface area (Å²) in [5.74, 6) is -1.80. The predicted octanol–water partition coefficient (Wildman–Crippen LogP) is 5.49. The Bertz CT molecular complexity index is 960. The average molecular weight is 462 g/mol. The number of alkyl halides is 1. The van der Waals surface area contributed by atoms with Gasteiger partial charge >= 0.3 is 5.97 Å². The van der Waals surface area contributed by atoms with Crippen molar-refractivity contribution in [1.29, 1.82) is 0 Å². The smallest absolute Gasteiger partial charge is 0.329 e. The maximum atomic E-state index is 15.1. The molecule has 1 heterocycles. The molecular formula is C26H33F2NO4. The maximum absolute atomic E-state index is 15.1. The Hall–Kier alpha value is -2.44. The molecule has 2 aliphatic carbocycles. The zero-order valence-electron chi connectivity index (χ0n) is 19.4. The standard InChI is InChI=1S/C26H33F2NO4/c1-4-26(12-15(2)9-16(3)13-26)14-33-22-11-21(28)19(10-18(22)17-5-6-17)24(30)29-8-7-20(27)23(29)25(31)32/h10-11,16-17,20,23H,2,4-9,12-14H2,1,3H3,(H,31,32)/t16?,20-,23-,26?/m0/s1. The van der Waals surface area contributed by atoms with Gasteiger partial charge in [0.2, 0.25) is 0 Å². The highest BCUT2D eigenvalue weighted by Gasteiger charge is 2.44. The molecule has 1 aliphatic heterocycles. The van der Waals surface area contributed by atoms with Crippen LogP contribution >= 0.6 is 0 Å². The second-order valence-electron chi connectivity index (χ2n) is 10.3. The van der Waals surface area contributed by atoms with E-state index >= 15 is 4.39 Å². The number of likely N-dealkylation sites (tertiary alicyclic amines) is 1. The molecule has 0 radical (unpaired) electrons. The molecule has 1 aromatic carbocycles. The first-order valence-electron chi connectivity index (χ1n) is 11.9. The molecule has 0 spiro atoms. The van der Waals surface area contributed by atoms with E-state index in [1.54, 1.807) is 0 Å². The number of carboxylic acids is 1. The summed E-state index contributed by atoms with van der Waals surface area (Å²) in [6.07, 6.45) is 4.00. The largest absolute Gasteiger partial charge is 0.493 e. The van der Waals surface area contributed by atoms with Gasteiger partial charge in [-0.1, -0.05) is 26.0 Å². The third-order valence-corrected chi connectivity index (χ3v) is 7.51. The second kappa shape index (κ2) is 9.07. The number of amides is 1. The van der Waals surface area contributed by atoms with Crippen molar-refractivity contribution in [3.05, 3.63) is 41.2 Å². The zero-order chi connectivity index (χ0) is 23.9. The summed E-state index contributed by atoms with van der Waals surface area (Å²) < 4.78 is 35.4. The molecule has 4 atom stereocenters. The number of nitrogens with zero attached hydrogens (tertiary/aromatic N) is 1. The van der Waals surface area contributed by atoms with Crippen molar-refractivity contribution in [2.24, 2.45) is 11.3 Å². The molecule has 2 saturated carbocycles. The van der Waals surface area contributed by atoms with E-state index < -0.39 is 29.9 Å². The molecule has 7 heteroatoms. The minimum Gasteiger partial charge on any atom is -0.493 e. The lowest BCUT2D eigenvalue weighted by Gasteiger charge is -2.40. The lowest BCUT2D eigenvalue weighted by molar-refractivity contribution is -0.142. The lowest BCUT2D eigenvalue weighted by atomic mass is 9.67. The number of carbonyl (C=O) groups excluding carboxylic acids is 1. The van der Waals surface area contributed by atoms with Gasteiger partial charge in [0.1, 0.15) is 17.7 Å². The van der Waals surface area contributed by atoms with Crippen molar-refractivity contribution >= 4 is 11.9 Å². The fourth-order valence-corrected chi connectivity index (χ4v) is 5.69. The fourth-order valence-electron chi connectivity index (χ4n) is 5.69. The van der Waals surface area contributed by atoms with Crippen LogP contribution in [0.5, 0.6) is 5.75 Å². The number of hydrogen-bond acceptors (Lipinski definition) is 3. The van der Waals surface area contributed by atoms with E-state index in [1.807, 2.05) is 0 Å². The Morgan fingerprint density at radius 1 is 1.30 bits per heavy atom. The molecule has 0 bridgehead atoms. The first-order chi connectivity index (χ1) is 15.6. The number of aliphatic carboxylic acids is 1. The number of halogens is 2. The van der Waals surface area contributed by atoms with Gasteiger partial charge in [-0.25, -0.2) is 13.6 Å². The minimum atomic E-state index is -1.65. The third kappa shape index (κ3) is 4.78. The van der Waals surface area contributed by atoms with Gasteiger partial charge in [-0.3, -0.25) is 4.79 Å². The molecular weight excluding hydrogens is 428 g/mol. The summed E-state index contributed by atoms with van der Waals surface area (Å²) in [5, 5.41) is 9.34. The highest BCUT2D eigenvalue weighted by molar-refractivity contribution is 5.97. The molecule has 1 aromatic rings. The van der Waals surface area contributed by atoms with Crippen LogP contribution in [0, 0.1) is 17.2 Å². The molecule has 3 fully saturated rings. The lowest BCUT2D eigenvalue weighted by Crippen LogP contribution is -2.44. The summed E-state index contributed by atoms with van der Waals surface area (Å²) in [5.41, 5.74) is 1.74. The van der Waals surface area contributed by atoms with Gasteiger partial charge in [-0.05, 0) is 68.4 Å². The molecule has 180 valence electrons. The van der Waals surface area contributed by atoms with E-state index in [1.165, 1.54) is 17.7 Å². The third-order valence-electron chi connectivity index (χ3n) is 7.51. The molecule has 2 unspecified atom stereocenters. The Morgan fingerprint density at radius 3 is 2.64 bits per heavy atom. The molecule has 1 N–H and O–H groups in total. The summed E-state index contributed by atoms with van der Waals surface area (Å²) in [6, 6.07) is 1.17. The van der Waals surface area contributed by atoms with E-state index in [2.05, 4.69) is 20.4 Å². The first kappa shape index (κ1) is 23.7. The van der Waals surface area contributed by atoms with Crippen molar-refractivity contribution in [2.75, 3.05) is 13.2 Å². The van der Waals surface area contributed by atoms with Gasteiger partial charge < -0.3 is 14.7 Å². The minimum absolute atomic E-state index is 0.0407. The Morgan fingerprint density at radius 2 is 2.03 bits per heavy atom. The topological polar surface area (TPSA) is 66.8 Å². The van der Waals surface area contributed by atoms with Crippen LogP contribution in [-0.2, 0) is 4.79 Å². The summed E-state index contributed by atoms with van der Waals surface area (Å²) in [4.78, 5) is 25.4. The molecule has 4 rings (SSSR count). The summed E-state index contributed by atoms with van der Waals surface area (Å²) >= 11 is 0. The number of benzene rings is 1. The van der Waals surface area contributed by atoms with E-state index in [4.69, 9.17) is 4.74 Å². The number of rotatable bonds is 7. The van der Waals surface area contributed by atoms with Crippen molar-refractivity contribution in [3.8, 4) is 5.75 Å². The van der Waals surface area contributed by atoms with Crippen LogP contribution in [0.1, 0.15) is 80.6 Å². The number of allylic oxidation sites excluding steroid dienone is 1. The Balaban J connectivity index is 1.59. The van der Waals surface area contributed by atoms with E-state index in [9.17, 15) is 19.1 Å². The fraction of sp³-hybridized carbons (Fsp3) is 0.615. The molecule has 33 heavy (non-hydrogen) atoms. The van der Waals surface area contributed by atoms with Gasteiger partial charge in [-0.2, -0.15) is 0 Å². The summed E-state index contributed by atoms with van der Waals surface area (Å²) in [7, 11) is 0. The molecule has 5 nitrogen and oxygen atoms in total. The number of ether oxygens (including phenoxy) is 1. The zero-order valence-corrected chi connectivity index (χ0v) is 19.4. The quantitative estimate of drug-likeness (QED) is 0.545. The van der Waals surface area contributed by atoms with Gasteiger partial charge in [0.25, 0.3) is 5.91 Å². The SMILES string of the molecule is C=C1CC(C)CC(CC)(COc2cc(F)c(C(=O)N3CC[C@H](F)[C@H]3C(=O)O)cc2C2CC2)C1. The second-order valence-corrected chi connectivity index (χ2v) is 10.3. The van der Waals surface area contributed by atoms with Crippen LogP contribution in [0.25, 0.3) is 0 Å². The number of hydrogen-bond donors (Lipinski definition) is 1. The van der Waals surface area contributed by atoms with Crippen LogP contribution in [0.15, 0.2) is 24.3 Å². The monoisotopic (exact) mass is 461 g/mol. The van der Waals surface area contributed by atoms with E-state index in [-0.39, 0.29) is 29.9 Å². The van der Waals surface area contributed by atoms with Crippen LogP contribution in [0.3, 0.4) is 0 Å². The highest BCUT2D eigenvalue weighted by Crippen LogP contribution is 2.48. The van der Waals surface area contributed by atoms with Crippen LogP contribution in [0.2, 0.25) is 0 Å². The molecule has 1 saturated heterocycles. The molecule has 0 aromatic heterocycles. The van der Waals surface area contributed by atoms with Crippen LogP contribution < -0.4 is 4.74 Å². The van der Waals surface area contributed by atoms with Gasteiger partial charge in [-0.15, -0.1) is 0 Å².